The molecule has 0 saturated carbocycles. The third-order valence-corrected chi connectivity index (χ3v) is 5.08. The van der Waals surface area contributed by atoms with Crippen molar-refractivity contribution in [2.24, 2.45) is 0 Å². The number of nitrogens with one attached hydrogen (secondary N) is 2. The van der Waals surface area contributed by atoms with E-state index in [1.165, 1.54) is 0 Å². The summed E-state index contributed by atoms with van der Waals surface area (Å²) in [5.41, 5.74) is 0.852. The number of methoxy groups -OCH3 is 1. The molecule has 0 aliphatic carbocycles. The molecule has 0 aromatic heterocycles. The van der Waals surface area contributed by atoms with Gasteiger partial charge >= 0.3 is 0 Å². The normalized spacial score (nSPS) is 23.7. The highest BCUT2D eigenvalue weighted by atomic mass is 32.2. The Morgan fingerprint density at radius 2 is 2.25 bits per heavy atom. The van der Waals surface area contributed by atoms with Crippen molar-refractivity contribution in [3.63, 3.8) is 0 Å². The Bertz CT molecular complexity index is 545. The average molecular weight is 298 g/mol. The van der Waals surface area contributed by atoms with E-state index >= 15 is 0 Å². The fourth-order valence-corrected chi connectivity index (χ4v) is 3.86. The molecule has 2 atom stereocenters. The standard InChI is InChI=1S/C14H22N2O3S/c1-11-14(7-4-8-15-11)16-20(17,18)13-6-3-5-12(9-13)10-19-2/h3,5-6,9,11,14-16H,4,7-8,10H2,1-2H3. The molecule has 1 aliphatic heterocycles. The fourth-order valence-electron chi connectivity index (χ4n) is 2.44. The Morgan fingerprint density at radius 3 is 2.95 bits per heavy atom. The molecule has 1 saturated heterocycles. The van der Waals surface area contributed by atoms with E-state index in [-0.39, 0.29) is 12.1 Å². The predicted octanol–water partition coefficient (Wildman–Crippen LogP) is 1.25. The van der Waals surface area contributed by atoms with E-state index in [1.807, 2.05) is 13.0 Å². The summed E-state index contributed by atoms with van der Waals surface area (Å²) in [6, 6.07) is 6.97. The zero-order chi connectivity index (χ0) is 14.6. The van der Waals surface area contributed by atoms with Gasteiger partial charge in [-0.2, -0.15) is 0 Å². The lowest BCUT2D eigenvalue weighted by Crippen LogP contribution is -2.51. The molecule has 1 aliphatic rings. The van der Waals surface area contributed by atoms with Crippen LogP contribution in [0.1, 0.15) is 25.3 Å². The Kier molecular flexibility index (Phi) is 5.15. The SMILES string of the molecule is COCc1cccc(S(=O)(=O)NC2CCCNC2C)c1. The molecule has 0 spiro atoms. The zero-order valence-electron chi connectivity index (χ0n) is 11.9. The minimum absolute atomic E-state index is 0.0557. The van der Waals surface area contributed by atoms with E-state index in [2.05, 4.69) is 10.0 Å². The molecule has 0 bridgehead atoms. The maximum absolute atomic E-state index is 12.4. The van der Waals surface area contributed by atoms with Crippen molar-refractivity contribution in [2.45, 2.75) is 43.4 Å². The van der Waals surface area contributed by atoms with Crippen LogP contribution in [0.15, 0.2) is 29.2 Å². The van der Waals surface area contributed by atoms with E-state index in [0.717, 1.165) is 24.9 Å². The monoisotopic (exact) mass is 298 g/mol. The molecule has 1 heterocycles. The minimum Gasteiger partial charge on any atom is -0.380 e. The van der Waals surface area contributed by atoms with Gasteiger partial charge in [-0.15, -0.1) is 0 Å². The first-order valence-electron chi connectivity index (χ1n) is 6.86. The Hall–Kier alpha value is -0.950. The highest BCUT2D eigenvalue weighted by Gasteiger charge is 2.26. The van der Waals surface area contributed by atoms with Gasteiger partial charge in [0.25, 0.3) is 0 Å². The molecule has 6 heteroatoms. The van der Waals surface area contributed by atoms with Crippen LogP contribution in [0.25, 0.3) is 0 Å². The topological polar surface area (TPSA) is 67.4 Å². The van der Waals surface area contributed by atoms with Gasteiger partial charge in [-0.05, 0) is 44.0 Å². The average Bonchev–Trinajstić information content (AvgIpc) is 2.42. The second-order valence-electron chi connectivity index (χ2n) is 5.19. The van der Waals surface area contributed by atoms with Crippen LogP contribution < -0.4 is 10.0 Å². The van der Waals surface area contributed by atoms with Gasteiger partial charge in [-0.1, -0.05) is 12.1 Å². The maximum Gasteiger partial charge on any atom is 0.240 e. The lowest BCUT2D eigenvalue weighted by atomic mass is 10.0. The first-order chi connectivity index (χ1) is 9.53. The zero-order valence-corrected chi connectivity index (χ0v) is 12.7. The lowest BCUT2D eigenvalue weighted by molar-refractivity contribution is 0.184. The van der Waals surface area contributed by atoms with Crippen molar-refractivity contribution in [1.29, 1.82) is 0 Å². The van der Waals surface area contributed by atoms with Crippen LogP contribution in [0, 0.1) is 0 Å². The number of sulfonamides is 1. The van der Waals surface area contributed by atoms with E-state index in [1.54, 1.807) is 25.3 Å². The molecule has 1 aromatic carbocycles. The van der Waals surface area contributed by atoms with Crippen LogP contribution >= 0.6 is 0 Å². The summed E-state index contributed by atoms with van der Waals surface area (Å²) in [5, 5.41) is 3.29. The number of hydrogen-bond donors (Lipinski definition) is 2. The van der Waals surface area contributed by atoms with Gasteiger partial charge in [0.2, 0.25) is 10.0 Å². The van der Waals surface area contributed by atoms with Crippen molar-refractivity contribution >= 4 is 10.0 Å². The Labute approximate surface area is 120 Å². The largest absolute Gasteiger partial charge is 0.380 e. The number of benzene rings is 1. The predicted molar refractivity (Wildman–Crippen MR) is 78.0 cm³/mol. The second-order valence-corrected chi connectivity index (χ2v) is 6.91. The van der Waals surface area contributed by atoms with Crippen LogP contribution in [0.3, 0.4) is 0 Å². The van der Waals surface area contributed by atoms with Gasteiger partial charge in [0.05, 0.1) is 11.5 Å². The lowest BCUT2D eigenvalue weighted by Gasteiger charge is -2.30. The Balaban J connectivity index is 2.15. The van der Waals surface area contributed by atoms with Gasteiger partial charge in [-0.25, -0.2) is 13.1 Å². The highest BCUT2D eigenvalue weighted by molar-refractivity contribution is 7.89. The summed E-state index contributed by atoms with van der Waals surface area (Å²) in [7, 11) is -1.89. The number of piperidine rings is 1. The summed E-state index contributed by atoms with van der Waals surface area (Å²) in [6.07, 6.45) is 1.85. The summed E-state index contributed by atoms with van der Waals surface area (Å²) in [6.45, 7) is 3.36. The van der Waals surface area contributed by atoms with Crippen molar-refractivity contribution in [1.82, 2.24) is 10.0 Å². The summed E-state index contributed by atoms with van der Waals surface area (Å²) in [5.74, 6) is 0. The molecule has 2 N–H and O–H groups in total. The van der Waals surface area contributed by atoms with Crippen molar-refractivity contribution in [3.05, 3.63) is 29.8 Å². The van der Waals surface area contributed by atoms with Gasteiger partial charge in [-0.3, -0.25) is 0 Å². The third-order valence-electron chi connectivity index (χ3n) is 3.59. The quantitative estimate of drug-likeness (QED) is 0.858. The molecular formula is C14H22N2O3S. The van der Waals surface area contributed by atoms with Gasteiger partial charge < -0.3 is 10.1 Å². The summed E-state index contributed by atoms with van der Waals surface area (Å²) in [4.78, 5) is 0.296. The molecule has 0 amide bonds. The van der Waals surface area contributed by atoms with Crippen LogP contribution in [0.4, 0.5) is 0 Å². The molecule has 1 fully saturated rings. The van der Waals surface area contributed by atoms with E-state index < -0.39 is 10.0 Å². The minimum atomic E-state index is -3.48. The third kappa shape index (κ3) is 3.79. The molecule has 20 heavy (non-hydrogen) atoms. The van der Waals surface area contributed by atoms with Crippen LogP contribution in [-0.4, -0.2) is 34.2 Å². The highest BCUT2D eigenvalue weighted by Crippen LogP contribution is 2.16. The first kappa shape index (κ1) is 15.4. The van der Waals surface area contributed by atoms with E-state index in [4.69, 9.17) is 4.74 Å². The molecule has 2 unspecified atom stereocenters. The molecule has 1 aromatic rings. The van der Waals surface area contributed by atoms with Crippen LogP contribution in [0.5, 0.6) is 0 Å². The molecule has 0 radical (unpaired) electrons. The van der Waals surface area contributed by atoms with Gasteiger partial charge in [0, 0.05) is 19.2 Å². The van der Waals surface area contributed by atoms with Crippen molar-refractivity contribution in [3.8, 4) is 0 Å². The van der Waals surface area contributed by atoms with Gasteiger partial charge in [0.15, 0.2) is 0 Å². The summed E-state index contributed by atoms with van der Waals surface area (Å²) < 4.78 is 32.7. The fraction of sp³-hybridized carbons (Fsp3) is 0.571. The smallest absolute Gasteiger partial charge is 0.240 e. The van der Waals surface area contributed by atoms with Crippen molar-refractivity contribution in [2.75, 3.05) is 13.7 Å². The van der Waals surface area contributed by atoms with Crippen LogP contribution in [0.2, 0.25) is 0 Å². The number of rotatable bonds is 5. The summed E-state index contributed by atoms with van der Waals surface area (Å²) >= 11 is 0. The number of hydrogen-bond acceptors (Lipinski definition) is 4. The number of ether oxygens (including phenoxy) is 1. The Morgan fingerprint density at radius 1 is 1.45 bits per heavy atom. The van der Waals surface area contributed by atoms with E-state index in [0.29, 0.717) is 11.5 Å². The molecule has 2 rings (SSSR count). The van der Waals surface area contributed by atoms with E-state index in [9.17, 15) is 8.42 Å². The first-order valence-corrected chi connectivity index (χ1v) is 8.35. The molecule has 112 valence electrons. The van der Waals surface area contributed by atoms with Gasteiger partial charge in [0.1, 0.15) is 0 Å². The second kappa shape index (κ2) is 6.67. The molecular weight excluding hydrogens is 276 g/mol. The van der Waals surface area contributed by atoms with Crippen molar-refractivity contribution < 1.29 is 13.2 Å². The molecule has 5 nitrogen and oxygen atoms in total. The maximum atomic E-state index is 12.4. The van der Waals surface area contributed by atoms with Crippen LogP contribution in [-0.2, 0) is 21.4 Å².